The first kappa shape index (κ1) is 24.3. The number of hydrogen-bond donors (Lipinski definition) is 1. The van der Waals surface area contributed by atoms with Crippen LogP contribution in [0.1, 0.15) is 39.4 Å². The Kier molecular flexibility index (Phi) is 5.83. The molecule has 4 aromatic rings. The second kappa shape index (κ2) is 9.36. The molecule has 6 rings (SSSR count). The summed E-state index contributed by atoms with van der Waals surface area (Å²) in [7, 11) is 4.50. The van der Waals surface area contributed by atoms with Crippen molar-refractivity contribution in [3.8, 4) is 28.7 Å². The van der Waals surface area contributed by atoms with Gasteiger partial charge >= 0.3 is 5.97 Å². The number of H-pyrrole nitrogens is 1. The van der Waals surface area contributed by atoms with Gasteiger partial charge in [-0.05, 0) is 47.9 Å². The molecule has 0 spiro atoms. The summed E-state index contributed by atoms with van der Waals surface area (Å²) in [5.41, 5.74) is 2.06. The molecule has 0 bridgehead atoms. The van der Waals surface area contributed by atoms with E-state index in [1.165, 1.54) is 21.3 Å². The number of hydrogen-bond acceptors (Lipinski definition) is 8. The molecule has 3 heterocycles. The van der Waals surface area contributed by atoms with Gasteiger partial charge in [0.15, 0.2) is 17.3 Å². The van der Waals surface area contributed by atoms with Gasteiger partial charge in [0.1, 0.15) is 11.5 Å². The number of esters is 1. The number of aromatic nitrogens is 1. The third kappa shape index (κ3) is 3.90. The van der Waals surface area contributed by atoms with Crippen LogP contribution in [0.25, 0.3) is 17.0 Å². The van der Waals surface area contributed by atoms with Crippen LogP contribution in [0.2, 0.25) is 0 Å². The fourth-order valence-electron chi connectivity index (χ4n) is 5.17. The van der Waals surface area contributed by atoms with E-state index in [0.717, 1.165) is 5.39 Å². The van der Waals surface area contributed by atoms with E-state index in [9.17, 15) is 14.4 Å². The second-order valence-corrected chi connectivity index (χ2v) is 9.09. The fraction of sp³-hybridized carbons (Fsp3) is 0.167. The van der Waals surface area contributed by atoms with Gasteiger partial charge in [0, 0.05) is 28.1 Å². The molecule has 1 atom stereocenters. The molecule has 0 saturated carbocycles. The predicted octanol–water partition coefficient (Wildman–Crippen LogP) is 4.61. The first-order valence-electron chi connectivity index (χ1n) is 12.2. The van der Waals surface area contributed by atoms with Crippen molar-refractivity contribution in [3.05, 3.63) is 93.0 Å². The zero-order chi connectivity index (χ0) is 27.3. The third-order valence-corrected chi connectivity index (χ3v) is 6.96. The highest BCUT2D eigenvalue weighted by atomic mass is 16.5. The van der Waals surface area contributed by atoms with Crippen LogP contribution in [0.3, 0.4) is 0 Å². The Hall–Kier alpha value is -5.05. The minimum atomic E-state index is -0.674. The van der Waals surface area contributed by atoms with Crippen LogP contribution >= 0.6 is 0 Å². The summed E-state index contributed by atoms with van der Waals surface area (Å²) < 4.78 is 28.0. The molecule has 39 heavy (non-hydrogen) atoms. The molecule has 0 saturated heterocycles. The number of nitrogens with one attached hydrogen (secondary N) is 1. The van der Waals surface area contributed by atoms with Gasteiger partial charge in [-0.15, -0.1) is 0 Å². The molecule has 1 N–H and O–H groups in total. The lowest BCUT2D eigenvalue weighted by Gasteiger charge is -2.26. The van der Waals surface area contributed by atoms with Gasteiger partial charge in [-0.2, -0.15) is 0 Å². The number of Topliss-reactive ketones (excluding diaryl/α,β-unsaturated/α-hetero) is 1. The van der Waals surface area contributed by atoms with Crippen molar-refractivity contribution < 1.29 is 33.3 Å². The monoisotopic (exact) mass is 525 g/mol. The van der Waals surface area contributed by atoms with E-state index < -0.39 is 11.9 Å². The Morgan fingerprint density at radius 2 is 1.69 bits per heavy atom. The number of allylic oxidation sites excluding steroid dienone is 1. The number of methoxy groups -OCH3 is 3. The summed E-state index contributed by atoms with van der Waals surface area (Å²) in [5.74, 6) is 0.263. The molecule has 0 aliphatic carbocycles. The van der Waals surface area contributed by atoms with Gasteiger partial charge in [0.25, 0.3) is 5.56 Å². The van der Waals surface area contributed by atoms with Gasteiger partial charge in [-0.1, -0.05) is 18.2 Å². The van der Waals surface area contributed by atoms with E-state index in [1.807, 2.05) is 24.3 Å². The number of aromatic amines is 1. The number of ether oxygens (including phenoxy) is 5. The minimum absolute atomic E-state index is 0.0481. The van der Waals surface area contributed by atoms with Crippen LogP contribution in [-0.2, 0) is 4.79 Å². The average molecular weight is 526 g/mol. The lowest BCUT2D eigenvalue weighted by Crippen LogP contribution is -2.26. The molecule has 3 aromatic carbocycles. The van der Waals surface area contributed by atoms with E-state index in [4.69, 9.17) is 23.7 Å². The molecule has 9 heteroatoms. The Balaban J connectivity index is 1.48. The van der Waals surface area contributed by atoms with Gasteiger partial charge in [0.05, 0.1) is 33.3 Å². The molecule has 2 aliphatic heterocycles. The van der Waals surface area contributed by atoms with Gasteiger partial charge in [0.2, 0.25) is 11.5 Å². The molecular formula is C30H23NO8. The predicted molar refractivity (Wildman–Crippen MR) is 142 cm³/mol. The topological polar surface area (TPSA) is 113 Å². The summed E-state index contributed by atoms with van der Waals surface area (Å²) in [6.07, 6.45) is 1.48. The number of carbonyl (C=O) groups is 2. The summed E-state index contributed by atoms with van der Waals surface area (Å²) in [6.45, 7) is 0. The van der Waals surface area contributed by atoms with Crippen molar-refractivity contribution in [2.24, 2.45) is 0 Å². The van der Waals surface area contributed by atoms with E-state index in [0.29, 0.717) is 45.0 Å². The van der Waals surface area contributed by atoms with E-state index in [2.05, 4.69) is 4.98 Å². The van der Waals surface area contributed by atoms with Crippen LogP contribution in [0.4, 0.5) is 0 Å². The quantitative estimate of drug-likeness (QED) is 0.228. The standard InChI is InChI=1S/C30H23NO8/c1-35-22-10-8-16(27(36-2)29(22)37-3)13-23-26(33)17-9-11-21-25(28(17)39-23)18(14-24(32)38-21)19-12-15-6-4-5-7-20(15)31-30(19)34/h4-13,18H,14H2,1-3H3,(H,31,34)/b23-13-/t18-/m0/s1. The van der Waals surface area contributed by atoms with Crippen LogP contribution in [0, 0.1) is 0 Å². The molecule has 9 nitrogen and oxygen atoms in total. The molecule has 2 aliphatic rings. The van der Waals surface area contributed by atoms with Gasteiger partial charge in [-0.25, -0.2) is 0 Å². The van der Waals surface area contributed by atoms with Crippen molar-refractivity contribution in [1.29, 1.82) is 0 Å². The second-order valence-electron chi connectivity index (χ2n) is 9.09. The largest absolute Gasteiger partial charge is 0.493 e. The number of ketones is 1. The molecule has 196 valence electrons. The third-order valence-electron chi connectivity index (χ3n) is 6.96. The average Bonchev–Trinajstić information content (AvgIpc) is 3.26. The molecule has 1 aromatic heterocycles. The Bertz CT molecular complexity index is 1770. The maximum atomic E-state index is 13.4. The number of fused-ring (bicyclic) bond motifs is 4. The van der Waals surface area contributed by atoms with Crippen molar-refractivity contribution in [1.82, 2.24) is 4.98 Å². The normalized spacial score (nSPS) is 16.9. The maximum absolute atomic E-state index is 13.4. The fourth-order valence-corrected chi connectivity index (χ4v) is 5.17. The minimum Gasteiger partial charge on any atom is -0.493 e. The highest BCUT2D eigenvalue weighted by Gasteiger charge is 2.39. The van der Waals surface area contributed by atoms with Crippen LogP contribution < -0.4 is 29.2 Å². The van der Waals surface area contributed by atoms with Gasteiger partial charge < -0.3 is 28.7 Å². The summed E-state index contributed by atoms with van der Waals surface area (Å²) in [6, 6.07) is 15.7. The van der Waals surface area contributed by atoms with Crippen LogP contribution in [0.5, 0.6) is 28.7 Å². The molecule has 0 amide bonds. The molecule has 0 fully saturated rings. The first-order chi connectivity index (χ1) is 18.9. The van der Waals surface area contributed by atoms with Crippen molar-refractivity contribution in [2.45, 2.75) is 12.3 Å². The first-order valence-corrected chi connectivity index (χ1v) is 12.2. The number of para-hydroxylation sites is 1. The van der Waals surface area contributed by atoms with E-state index >= 15 is 0 Å². The Morgan fingerprint density at radius 3 is 2.46 bits per heavy atom. The lowest BCUT2D eigenvalue weighted by atomic mass is 9.85. The number of carbonyl (C=O) groups excluding carboxylic acids is 2. The smallest absolute Gasteiger partial charge is 0.312 e. The Morgan fingerprint density at radius 1 is 0.897 bits per heavy atom. The molecular weight excluding hydrogens is 502 g/mol. The lowest BCUT2D eigenvalue weighted by molar-refractivity contribution is -0.135. The summed E-state index contributed by atoms with van der Waals surface area (Å²) in [4.78, 5) is 42.0. The highest BCUT2D eigenvalue weighted by molar-refractivity contribution is 6.15. The molecule has 0 radical (unpaired) electrons. The maximum Gasteiger partial charge on any atom is 0.312 e. The highest BCUT2D eigenvalue weighted by Crippen LogP contribution is 2.49. The Labute approximate surface area is 222 Å². The van der Waals surface area contributed by atoms with Crippen LogP contribution in [-0.4, -0.2) is 38.1 Å². The van der Waals surface area contributed by atoms with Crippen molar-refractivity contribution in [2.75, 3.05) is 21.3 Å². The SMILES string of the molecule is COc1ccc(/C=C2\Oc3c(ccc4c3[C@H](c3cc5ccccc5[nH]c3=O)CC(=O)O4)C2=O)c(OC)c1OC. The van der Waals surface area contributed by atoms with E-state index in [-0.39, 0.29) is 35.0 Å². The summed E-state index contributed by atoms with van der Waals surface area (Å²) in [5, 5.41) is 0.818. The van der Waals surface area contributed by atoms with Crippen molar-refractivity contribution >= 4 is 28.7 Å². The summed E-state index contributed by atoms with van der Waals surface area (Å²) >= 11 is 0. The zero-order valence-corrected chi connectivity index (χ0v) is 21.3. The van der Waals surface area contributed by atoms with Crippen molar-refractivity contribution in [3.63, 3.8) is 0 Å². The van der Waals surface area contributed by atoms with Gasteiger partial charge in [-0.3, -0.25) is 14.4 Å². The van der Waals surface area contributed by atoms with Crippen LogP contribution in [0.15, 0.2) is 65.2 Å². The number of benzene rings is 3. The number of pyridine rings is 1. The van der Waals surface area contributed by atoms with E-state index in [1.54, 1.807) is 36.4 Å². The number of rotatable bonds is 5. The molecule has 0 unspecified atom stereocenters. The zero-order valence-electron chi connectivity index (χ0n) is 21.3.